The molecule has 0 atom stereocenters. The van der Waals surface area contributed by atoms with E-state index in [1.807, 2.05) is 0 Å². The fraction of sp³-hybridized carbons (Fsp3) is 0.353. The Morgan fingerprint density at radius 2 is 1.88 bits per heavy atom. The van der Waals surface area contributed by atoms with Crippen LogP contribution in [0, 0.1) is 12.7 Å². The number of anilines is 1. The summed E-state index contributed by atoms with van der Waals surface area (Å²) in [6.45, 7) is 10.0. The summed E-state index contributed by atoms with van der Waals surface area (Å²) in [5, 5.41) is 2.57. The number of allylic oxidation sites excluding steroid dienone is 1. The largest absolute Gasteiger partial charge is 0.412 e. The zero-order valence-corrected chi connectivity index (χ0v) is 14.3. The van der Waals surface area contributed by atoms with Gasteiger partial charge in [0, 0.05) is 11.3 Å². The van der Waals surface area contributed by atoms with Crippen molar-refractivity contribution in [2.24, 2.45) is 10.7 Å². The summed E-state index contributed by atoms with van der Waals surface area (Å²) in [5.74, 6) is -0.834. The van der Waals surface area contributed by atoms with Gasteiger partial charge in [-0.3, -0.25) is 0 Å². The lowest BCUT2D eigenvalue weighted by Crippen LogP contribution is -2.16. The van der Waals surface area contributed by atoms with Gasteiger partial charge in [0.25, 0.3) is 0 Å². The molecule has 0 bridgehead atoms. The van der Waals surface area contributed by atoms with Crippen molar-refractivity contribution in [1.82, 2.24) is 0 Å². The lowest BCUT2D eigenvalue weighted by atomic mass is 10.2. The third kappa shape index (κ3) is 8.36. The Labute approximate surface area is 140 Å². The maximum atomic E-state index is 13.4. The molecular weight excluding hydrogens is 322 g/mol. The molecule has 3 nitrogen and oxygen atoms in total. The number of aryl methyl sites for hydroxylation is 1. The second kappa shape index (κ2) is 9.75. The van der Waals surface area contributed by atoms with E-state index in [0.29, 0.717) is 5.56 Å². The molecule has 134 valence electrons. The second-order valence-corrected chi connectivity index (χ2v) is 5.11. The van der Waals surface area contributed by atoms with Gasteiger partial charge < -0.3 is 11.1 Å². The molecule has 0 unspecified atom stereocenters. The molecular formula is C17H23F4N3. The van der Waals surface area contributed by atoms with Gasteiger partial charge in [0.05, 0.1) is 0 Å². The highest BCUT2D eigenvalue weighted by atomic mass is 19.4. The first kappa shape index (κ1) is 21.7. The first-order valence-electron chi connectivity index (χ1n) is 7.32. The Morgan fingerprint density at radius 3 is 2.29 bits per heavy atom. The minimum atomic E-state index is -4.49. The minimum absolute atomic E-state index is 0.170. The second-order valence-electron chi connectivity index (χ2n) is 5.11. The van der Waals surface area contributed by atoms with Crippen LogP contribution in [0.4, 0.5) is 23.2 Å². The van der Waals surface area contributed by atoms with E-state index in [9.17, 15) is 17.6 Å². The van der Waals surface area contributed by atoms with Crippen molar-refractivity contribution >= 4 is 11.5 Å². The van der Waals surface area contributed by atoms with Gasteiger partial charge in [0.2, 0.25) is 0 Å². The van der Waals surface area contributed by atoms with Gasteiger partial charge >= 0.3 is 6.18 Å². The summed E-state index contributed by atoms with van der Waals surface area (Å²) in [7, 11) is 0. The van der Waals surface area contributed by atoms with Crippen LogP contribution in [0.2, 0.25) is 0 Å². The Morgan fingerprint density at radius 1 is 1.33 bits per heavy atom. The van der Waals surface area contributed by atoms with Crippen molar-refractivity contribution in [3.63, 3.8) is 0 Å². The molecule has 0 fully saturated rings. The van der Waals surface area contributed by atoms with Gasteiger partial charge in [-0.2, -0.15) is 13.2 Å². The summed E-state index contributed by atoms with van der Waals surface area (Å²) in [6, 6.07) is 4.16. The van der Waals surface area contributed by atoms with Gasteiger partial charge in [0.1, 0.15) is 17.5 Å². The molecule has 0 aliphatic heterocycles. The number of amidine groups is 1. The maximum Gasteiger partial charge on any atom is 0.412 e. The summed E-state index contributed by atoms with van der Waals surface area (Å²) in [5.41, 5.74) is 5.08. The smallest absolute Gasteiger partial charge is 0.384 e. The van der Waals surface area contributed by atoms with E-state index < -0.39 is 17.6 Å². The zero-order valence-electron chi connectivity index (χ0n) is 14.3. The molecule has 0 aliphatic rings. The van der Waals surface area contributed by atoms with Crippen LogP contribution >= 0.6 is 0 Å². The highest BCUT2D eigenvalue weighted by Crippen LogP contribution is 2.25. The molecule has 0 radical (unpaired) electrons. The number of halogens is 4. The van der Waals surface area contributed by atoms with Crippen molar-refractivity contribution in [1.29, 1.82) is 0 Å². The van der Waals surface area contributed by atoms with Gasteiger partial charge in [-0.25, -0.2) is 9.38 Å². The Hall–Kier alpha value is -2.31. The molecule has 1 aromatic rings. The molecule has 1 rings (SSSR count). The van der Waals surface area contributed by atoms with Gasteiger partial charge in [-0.05, 0) is 37.6 Å². The number of nitrogens with one attached hydrogen (secondary N) is 1. The van der Waals surface area contributed by atoms with E-state index in [2.05, 4.69) is 30.7 Å². The van der Waals surface area contributed by atoms with Crippen LogP contribution in [-0.2, 0) is 0 Å². The lowest BCUT2D eigenvalue weighted by molar-refractivity contribution is -0.0912. The predicted octanol–water partition coefficient (Wildman–Crippen LogP) is 5.30. The number of benzene rings is 1. The Bertz CT molecular complexity index is 617. The molecule has 0 aromatic heterocycles. The Kier molecular flexibility index (Phi) is 8.81. The fourth-order valence-corrected chi connectivity index (χ4v) is 1.36. The summed E-state index contributed by atoms with van der Waals surface area (Å²) < 4.78 is 51.0. The number of hydrogen-bond acceptors (Lipinski definition) is 2. The van der Waals surface area contributed by atoms with E-state index in [4.69, 9.17) is 5.73 Å². The van der Waals surface area contributed by atoms with Crippen LogP contribution in [0.15, 0.2) is 47.2 Å². The molecule has 7 heteroatoms. The highest BCUT2D eigenvalue weighted by Gasteiger charge is 2.30. The maximum absolute atomic E-state index is 13.4. The normalized spacial score (nSPS) is 12.3. The predicted molar refractivity (Wildman–Crippen MR) is 91.3 cm³/mol. The molecule has 0 spiro atoms. The number of alkyl halides is 3. The lowest BCUT2D eigenvalue weighted by Gasteiger charge is -2.11. The number of nitrogens with two attached hydrogens (primary N) is 1. The molecule has 0 aliphatic carbocycles. The van der Waals surface area contributed by atoms with Crippen molar-refractivity contribution in [3.05, 3.63) is 53.6 Å². The van der Waals surface area contributed by atoms with E-state index in [1.165, 1.54) is 18.6 Å². The van der Waals surface area contributed by atoms with E-state index in [0.717, 1.165) is 19.1 Å². The number of aliphatic imine (C=N–C) groups is 1. The van der Waals surface area contributed by atoms with Crippen LogP contribution in [0.5, 0.6) is 0 Å². The van der Waals surface area contributed by atoms with Gasteiger partial charge in [-0.15, -0.1) is 0 Å². The summed E-state index contributed by atoms with van der Waals surface area (Å²) in [4.78, 5) is 3.67. The topological polar surface area (TPSA) is 50.4 Å². The molecule has 0 saturated heterocycles. The van der Waals surface area contributed by atoms with Crippen molar-refractivity contribution in [2.75, 3.05) is 5.32 Å². The standard InChI is InChI=1S/C14H15F4N3.C3H8/c1-8-4-5-11(7-12(8)15)21-13(20-10(3)19)6-9(2)14(16,17)18;1-3-2/h4-7H,3,19H2,1-2H3,(H,20,21);3H2,1-2H3/b9-6+;. The highest BCUT2D eigenvalue weighted by molar-refractivity contribution is 6.04. The molecule has 0 saturated carbocycles. The average Bonchev–Trinajstić information content (AvgIpc) is 2.42. The average molecular weight is 345 g/mol. The quantitative estimate of drug-likeness (QED) is 0.444. The molecule has 1 aromatic carbocycles. The molecule has 0 amide bonds. The minimum Gasteiger partial charge on any atom is -0.384 e. The Balaban J connectivity index is 0.00000163. The SMILES string of the molecule is C=C(N)/N=C(\C=C(/C)C(F)(F)F)Nc1ccc(C)c(F)c1.CCC. The first-order chi connectivity index (χ1) is 11.0. The molecule has 3 N–H and O–H groups in total. The van der Waals surface area contributed by atoms with Crippen molar-refractivity contribution in [2.45, 2.75) is 40.3 Å². The van der Waals surface area contributed by atoms with E-state index in [1.54, 1.807) is 6.92 Å². The van der Waals surface area contributed by atoms with Gasteiger partial charge in [-0.1, -0.05) is 32.9 Å². The zero-order chi connectivity index (χ0) is 18.9. The monoisotopic (exact) mass is 345 g/mol. The van der Waals surface area contributed by atoms with Crippen molar-refractivity contribution < 1.29 is 17.6 Å². The van der Waals surface area contributed by atoms with E-state index >= 15 is 0 Å². The van der Waals surface area contributed by atoms with Crippen molar-refractivity contribution in [3.8, 4) is 0 Å². The van der Waals surface area contributed by atoms with E-state index in [-0.39, 0.29) is 17.3 Å². The van der Waals surface area contributed by atoms with Crippen LogP contribution in [0.1, 0.15) is 32.8 Å². The fourth-order valence-electron chi connectivity index (χ4n) is 1.36. The third-order valence-corrected chi connectivity index (χ3v) is 2.51. The van der Waals surface area contributed by atoms with Crippen LogP contribution in [-0.4, -0.2) is 12.0 Å². The van der Waals surface area contributed by atoms with Gasteiger partial charge in [0.15, 0.2) is 0 Å². The van der Waals surface area contributed by atoms with Crippen LogP contribution in [0.3, 0.4) is 0 Å². The number of nitrogens with zero attached hydrogens (tertiary/aromatic N) is 1. The van der Waals surface area contributed by atoms with Crippen LogP contribution in [0.25, 0.3) is 0 Å². The first-order valence-corrected chi connectivity index (χ1v) is 7.32. The molecule has 24 heavy (non-hydrogen) atoms. The molecule has 0 heterocycles. The number of hydrogen-bond donors (Lipinski definition) is 2. The summed E-state index contributed by atoms with van der Waals surface area (Å²) >= 11 is 0. The number of rotatable bonds is 3. The van der Waals surface area contributed by atoms with Crippen LogP contribution < -0.4 is 11.1 Å². The summed E-state index contributed by atoms with van der Waals surface area (Å²) in [6.07, 6.45) is -2.47. The third-order valence-electron chi connectivity index (χ3n) is 2.51.